The zero-order valence-corrected chi connectivity index (χ0v) is 22.4. The molecule has 1 amide bonds. The molecule has 5 aromatic rings. The highest BCUT2D eigenvalue weighted by Gasteiger charge is 2.22. The number of nitrogens with zero attached hydrogens (tertiary/aromatic N) is 7. The van der Waals surface area contributed by atoms with Gasteiger partial charge in [0.15, 0.2) is 11.7 Å². The zero-order valence-electron chi connectivity index (χ0n) is 22.4. The summed E-state index contributed by atoms with van der Waals surface area (Å²) in [5.41, 5.74) is 4.74. The Balaban J connectivity index is 0.00000158. The quantitative estimate of drug-likeness (QED) is 0.361. The second-order valence-electron chi connectivity index (χ2n) is 9.28. The van der Waals surface area contributed by atoms with Gasteiger partial charge in [-0.25, -0.2) is 14.5 Å². The van der Waals surface area contributed by atoms with Gasteiger partial charge in [-0.3, -0.25) is 4.79 Å². The Morgan fingerprint density at radius 3 is 2.42 bits per heavy atom. The van der Waals surface area contributed by atoms with Gasteiger partial charge in [0, 0.05) is 69.3 Å². The third kappa shape index (κ3) is 5.41. The van der Waals surface area contributed by atoms with Crippen LogP contribution in [0.15, 0.2) is 77.7 Å². The minimum Gasteiger partial charge on any atom is -0.441 e. The second-order valence-corrected chi connectivity index (χ2v) is 9.28. The molecule has 1 fully saturated rings. The number of hydrogen-bond donors (Lipinski definition) is 1. The lowest BCUT2D eigenvalue weighted by molar-refractivity contribution is -0.130. The molecule has 4 aromatic heterocycles. The average Bonchev–Trinajstić information content (AvgIpc) is 3.64. The van der Waals surface area contributed by atoms with E-state index in [0.29, 0.717) is 42.2 Å². The fourth-order valence-corrected chi connectivity index (χ4v) is 4.85. The van der Waals surface area contributed by atoms with Crippen molar-refractivity contribution in [2.75, 3.05) is 38.2 Å². The van der Waals surface area contributed by atoms with Gasteiger partial charge in [0.2, 0.25) is 5.91 Å². The van der Waals surface area contributed by atoms with Crippen LogP contribution in [0.2, 0.25) is 0 Å². The fraction of sp³-hybridized carbons (Fsp3) is 0.233. The highest BCUT2D eigenvalue weighted by atomic mass is 16.4. The number of aromatic nitrogens is 4. The van der Waals surface area contributed by atoms with E-state index >= 15 is 0 Å². The van der Waals surface area contributed by atoms with Gasteiger partial charge in [0.05, 0.1) is 29.9 Å². The van der Waals surface area contributed by atoms with Gasteiger partial charge in [-0.1, -0.05) is 30.3 Å². The molecule has 1 saturated heterocycles. The number of amides is 1. The Hall–Kier alpha value is -5.01. The number of anilines is 1. The standard InChI is InChI=1S/C29H25N7O2.CH4O/c1-20-31-18-26(38-20)23-14-25(29-24(15-30)17-33-36(29)19-23)22-7-8-27(32-16-22)34-9-11-35(12-10-34)28(37)13-21-5-3-2-4-6-21;1-2/h2-8,14,16-19H,9-13H2,1H3;2H,1H3. The predicted molar refractivity (Wildman–Crippen MR) is 150 cm³/mol. The number of piperazine rings is 1. The van der Waals surface area contributed by atoms with E-state index in [-0.39, 0.29) is 5.91 Å². The number of fused-ring (bicyclic) bond motifs is 1. The van der Waals surface area contributed by atoms with Crippen LogP contribution in [0.25, 0.3) is 28.0 Å². The van der Waals surface area contributed by atoms with Gasteiger partial charge in [0.1, 0.15) is 11.9 Å². The number of nitriles is 1. The number of pyridine rings is 2. The number of aliphatic hydroxyl groups is 1. The number of carbonyl (C=O) groups excluding carboxylic acids is 1. The monoisotopic (exact) mass is 535 g/mol. The van der Waals surface area contributed by atoms with Crippen molar-refractivity contribution in [1.82, 2.24) is 24.5 Å². The number of aryl methyl sites for hydroxylation is 1. The molecule has 5 heterocycles. The molecule has 0 aliphatic carbocycles. The van der Waals surface area contributed by atoms with Crippen LogP contribution in [0.1, 0.15) is 17.0 Å². The molecule has 0 bridgehead atoms. The number of aliphatic hydroxyl groups excluding tert-OH is 1. The van der Waals surface area contributed by atoms with E-state index in [4.69, 9.17) is 14.5 Å². The number of oxazole rings is 1. The summed E-state index contributed by atoms with van der Waals surface area (Å²) < 4.78 is 7.43. The van der Waals surface area contributed by atoms with Gasteiger partial charge in [-0.15, -0.1) is 0 Å². The van der Waals surface area contributed by atoms with Crippen LogP contribution in [-0.2, 0) is 11.2 Å². The molecular weight excluding hydrogens is 506 g/mol. The minimum atomic E-state index is 0.152. The molecule has 0 atom stereocenters. The van der Waals surface area contributed by atoms with Gasteiger partial charge in [-0.05, 0) is 23.8 Å². The van der Waals surface area contributed by atoms with E-state index in [2.05, 4.69) is 21.1 Å². The van der Waals surface area contributed by atoms with Crippen molar-refractivity contribution >= 4 is 17.2 Å². The molecule has 10 heteroatoms. The highest BCUT2D eigenvalue weighted by molar-refractivity contribution is 5.87. The normalized spacial score (nSPS) is 13.1. The summed E-state index contributed by atoms with van der Waals surface area (Å²) in [6.07, 6.45) is 7.32. The highest BCUT2D eigenvalue weighted by Crippen LogP contribution is 2.32. The van der Waals surface area contributed by atoms with Crippen molar-refractivity contribution in [3.8, 4) is 28.5 Å². The van der Waals surface area contributed by atoms with Crippen molar-refractivity contribution in [2.45, 2.75) is 13.3 Å². The topological polar surface area (TPSA) is 124 Å². The largest absolute Gasteiger partial charge is 0.441 e. The summed E-state index contributed by atoms with van der Waals surface area (Å²) in [5.74, 6) is 2.21. The van der Waals surface area contributed by atoms with E-state index in [1.807, 2.05) is 65.8 Å². The van der Waals surface area contributed by atoms with Crippen molar-refractivity contribution in [1.29, 1.82) is 5.26 Å². The molecule has 0 radical (unpaired) electrons. The number of hydrogen-bond acceptors (Lipinski definition) is 8. The van der Waals surface area contributed by atoms with E-state index in [1.165, 1.54) is 0 Å². The van der Waals surface area contributed by atoms with Gasteiger partial charge in [0.25, 0.3) is 0 Å². The minimum absolute atomic E-state index is 0.152. The first-order valence-corrected chi connectivity index (χ1v) is 12.9. The van der Waals surface area contributed by atoms with E-state index in [9.17, 15) is 10.1 Å². The summed E-state index contributed by atoms with van der Waals surface area (Å²) in [4.78, 5) is 25.8. The average molecular weight is 536 g/mol. The third-order valence-electron chi connectivity index (χ3n) is 6.85. The molecule has 40 heavy (non-hydrogen) atoms. The Bertz CT molecular complexity index is 1640. The summed E-state index contributed by atoms with van der Waals surface area (Å²) in [6.45, 7) is 4.56. The Labute approximate surface area is 231 Å². The Kier molecular flexibility index (Phi) is 7.84. The molecular formula is C30H29N7O3. The van der Waals surface area contributed by atoms with Crippen LogP contribution >= 0.6 is 0 Å². The molecule has 6 rings (SSSR count). The lowest BCUT2D eigenvalue weighted by Gasteiger charge is -2.35. The molecule has 1 aliphatic rings. The summed E-state index contributed by atoms with van der Waals surface area (Å²) in [7, 11) is 1.00. The molecule has 1 N–H and O–H groups in total. The summed E-state index contributed by atoms with van der Waals surface area (Å²) in [6, 6.07) is 18.1. The van der Waals surface area contributed by atoms with Gasteiger partial charge >= 0.3 is 0 Å². The van der Waals surface area contributed by atoms with Crippen LogP contribution in [0.3, 0.4) is 0 Å². The lowest BCUT2D eigenvalue weighted by Crippen LogP contribution is -2.49. The van der Waals surface area contributed by atoms with Crippen LogP contribution in [0, 0.1) is 18.3 Å². The summed E-state index contributed by atoms with van der Waals surface area (Å²) in [5, 5.41) is 21.0. The number of benzene rings is 1. The van der Waals surface area contributed by atoms with Gasteiger partial charge < -0.3 is 19.3 Å². The van der Waals surface area contributed by atoms with E-state index in [1.54, 1.807) is 23.8 Å². The smallest absolute Gasteiger partial charge is 0.227 e. The van der Waals surface area contributed by atoms with Crippen LogP contribution < -0.4 is 4.90 Å². The SMILES string of the molecule is CO.Cc1ncc(-c2cc(-c3ccc(N4CCN(C(=O)Cc5ccccc5)CC4)nc3)c3c(C#N)cnn3c2)o1. The molecule has 0 saturated carbocycles. The zero-order chi connectivity index (χ0) is 28.1. The van der Waals surface area contributed by atoms with Crippen molar-refractivity contribution in [3.05, 3.63) is 90.3 Å². The third-order valence-corrected chi connectivity index (χ3v) is 6.85. The molecule has 202 valence electrons. The summed E-state index contributed by atoms with van der Waals surface area (Å²) >= 11 is 0. The van der Waals surface area contributed by atoms with Crippen molar-refractivity contribution in [3.63, 3.8) is 0 Å². The maximum Gasteiger partial charge on any atom is 0.227 e. The molecule has 0 unspecified atom stereocenters. The maximum atomic E-state index is 12.7. The molecule has 0 spiro atoms. The van der Waals surface area contributed by atoms with Crippen molar-refractivity contribution in [2.24, 2.45) is 0 Å². The Morgan fingerprint density at radius 2 is 1.77 bits per heavy atom. The van der Waals surface area contributed by atoms with Crippen LogP contribution in [0.5, 0.6) is 0 Å². The number of carbonyl (C=O) groups is 1. The molecule has 10 nitrogen and oxygen atoms in total. The first-order chi connectivity index (χ1) is 19.6. The maximum absolute atomic E-state index is 12.7. The fourth-order valence-electron chi connectivity index (χ4n) is 4.85. The molecule has 1 aliphatic heterocycles. The van der Waals surface area contributed by atoms with Crippen molar-refractivity contribution < 1.29 is 14.3 Å². The molecule has 1 aromatic carbocycles. The van der Waals surface area contributed by atoms with E-state index < -0.39 is 0 Å². The first-order valence-electron chi connectivity index (χ1n) is 12.9. The Morgan fingerprint density at radius 1 is 1.00 bits per heavy atom. The van der Waals surface area contributed by atoms with Crippen LogP contribution in [0.4, 0.5) is 5.82 Å². The second kappa shape index (κ2) is 11.8. The van der Waals surface area contributed by atoms with Crippen LogP contribution in [-0.4, -0.2) is 68.8 Å². The first kappa shape index (κ1) is 26.6. The van der Waals surface area contributed by atoms with Gasteiger partial charge in [-0.2, -0.15) is 10.4 Å². The predicted octanol–water partition coefficient (Wildman–Crippen LogP) is 3.73. The number of rotatable bonds is 5. The van der Waals surface area contributed by atoms with E-state index in [0.717, 1.165) is 48.3 Å². The lowest BCUT2D eigenvalue weighted by atomic mass is 10.0.